The van der Waals surface area contributed by atoms with E-state index in [1.165, 1.54) is 12.2 Å². The molecule has 11 nitrogen and oxygen atoms in total. The van der Waals surface area contributed by atoms with Crippen LogP contribution in [0.25, 0.3) is 0 Å². The molecule has 7 atom stereocenters. The first-order valence-corrected chi connectivity index (χ1v) is 35.2. The molecule has 0 radical (unpaired) electrons. The number of amides is 1. The monoisotopic (exact) mass is 970 g/mol. The van der Waals surface area contributed by atoms with E-state index in [4.69, 9.17) is 36.8 Å². The Morgan fingerprint density at radius 2 is 1.12 bits per heavy atom. The van der Waals surface area contributed by atoms with Crippen LogP contribution in [-0.2, 0) is 48.2 Å². The summed E-state index contributed by atoms with van der Waals surface area (Å²) in [4.78, 5) is 35.8. The third kappa shape index (κ3) is 15.1. The van der Waals surface area contributed by atoms with Gasteiger partial charge in [0.15, 0.2) is 33.3 Å². The van der Waals surface area contributed by atoms with Crippen LogP contribution in [0.2, 0.25) is 72.5 Å². The number of ether oxygens (including phenoxy) is 3. The van der Waals surface area contributed by atoms with Crippen LogP contribution in [-0.4, -0.2) is 115 Å². The highest BCUT2D eigenvalue weighted by Gasteiger charge is 2.65. The Balaban J connectivity index is 2.91. The maximum atomic E-state index is 16.4. The minimum Gasteiger partial charge on any atom is -0.497 e. The van der Waals surface area contributed by atoms with Gasteiger partial charge in [-0.25, -0.2) is 5.06 Å². The summed E-state index contributed by atoms with van der Waals surface area (Å²) >= 11 is 0. The average molecular weight is 971 g/mol. The molecule has 1 saturated heterocycles. The topological polar surface area (TPSA) is 115 Å². The number of rotatable bonds is 24. The average Bonchev–Trinajstić information content (AvgIpc) is 3.84. The van der Waals surface area contributed by atoms with E-state index >= 15 is 4.79 Å². The van der Waals surface area contributed by atoms with Crippen molar-refractivity contribution in [2.45, 2.75) is 206 Å². The Hall–Kier alpha value is -1.25. The third-order valence-electron chi connectivity index (χ3n) is 15.7. The largest absolute Gasteiger partial charge is 0.497 e. The maximum absolute atomic E-state index is 16.4. The normalized spacial score (nSPS) is 20.6. The smallest absolute Gasteiger partial charge is 0.248 e. The molecule has 0 spiro atoms. The lowest BCUT2D eigenvalue weighted by Crippen LogP contribution is -2.57. The SMILES string of the molecule is COc1ccc(COC[C@H](C)[C@H]2O[C@@]2(C)[C@@H](O[Si](C)(C)C(C)(C)C)[C@@H](CO[Si](C)(C)C(C)(C)C)C(=O)[C@H](CO[Si](C)(C)C(C)(C)C)[C@H](CC(=O)N(C)OC)O[Si](C)(C)C(C)(C)C)cc1. The summed E-state index contributed by atoms with van der Waals surface area (Å²) in [7, 11) is -5.30. The lowest BCUT2D eigenvalue weighted by molar-refractivity contribution is -0.171. The third-order valence-corrected chi connectivity index (χ3v) is 33.6. The van der Waals surface area contributed by atoms with E-state index in [0.29, 0.717) is 13.2 Å². The minimum absolute atomic E-state index is 0.0135. The molecule has 0 saturated carbocycles. The van der Waals surface area contributed by atoms with Crippen LogP contribution in [0.15, 0.2) is 24.3 Å². The Morgan fingerprint density at radius 3 is 1.55 bits per heavy atom. The van der Waals surface area contributed by atoms with Gasteiger partial charge in [-0.2, -0.15) is 0 Å². The summed E-state index contributed by atoms with van der Waals surface area (Å²) in [6.45, 7) is 49.5. The van der Waals surface area contributed by atoms with E-state index in [2.05, 4.69) is 149 Å². The number of epoxide rings is 1. The summed E-state index contributed by atoms with van der Waals surface area (Å²) in [5.41, 5.74) is 0.207. The maximum Gasteiger partial charge on any atom is 0.248 e. The number of methoxy groups -OCH3 is 1. The van der Waals surface area contributed by atoms with Crippen molar-refractivity contribution in [3.05, 3.63) is 29.8 Å². The van der Waals surface area contributed by atoms with Crippen LogP contribution in [0.5, 0.6) is 5.75 Å². The zero-order valence-corrected chi connectivity index (χ0v) is 49.3. The molecule has 64 heavy (non-hydrogen) atoms. The quantitative estimate of drug-likeness (QED) is 0.0563. The Morgan fingerprint density at radius 1 is 0.688 bits per heavy atom. The second kappa shape index (κ2) is 21.6. The van der Waals surface area contributed by atoms with Gasteiger partial charge in [-0.15, -0.1) is 0 Å². The molecule has 1 aliphatic heterocycles. The molecule has 0 N–H and O–H groups in total. The van der Waals surface area contributed by atoms with Gasteiger partial charge in [0.05, 0.1) is 64.0 Å². The summed E-state index contributed by atoms with van der Waals surface area (Å²) in [6, 6.07) is 7.90. The predicted octanol–water partition coefficient (Wildman–Crippen LogP) is 12.0. The molecular weight excluding hydrogens is 875 g/mol. The lowest BCUT2D eigenvalue weighted by atomic mass is 9.79. The van der Waals surface area contributed by atoms with Gasteiger partial charge in [0.2, 0.25) is 5.91 Å². The fourth-order valence-corrected chi connectivity index (χ4v) is 11.4. The first kappa shape index (κ1) is 58.9. The number of hydroxylamine groups is 2. The molecule has 2 rings (SSSR count). The zero-order valence-electron chi connectivity index (χ0n) is 45.3. The van der Waals surface area contributed by atoms with Crippen molar-refractivity contribution >= 4 is 45.0 Å². The van der Waals surface area contributed by atoms with E-state index in [9.17, 15) is 4.79 Å². The van der Waals surface area contributed by atoms with E-state index < -0.39 is 62.9 Å². The van der Waals surface area contributed by atoms with Crippen LogP contribution in [0.4, 0.5) is 0 Å². The number of hydrogen-bond donors (Lipinski definition) is 0. The molecule has 1 fully saturated rings. The van der Waals surface area contributed by atoms with Crippen LogP contribution in [0.1, 0.15) is 109 Å². The van der Waals surface area contributed by atoms with Crippen molar-refractivity contribution < 1.29 is 46.3 Å². The first-order valence-electron chi connectivity index (χ1n) is 23.6. The number of ketones is 1. The van der Waals surface area contributed by atoms with Gasteiger partial charge >= 0.3 is 0 Å². The second-order valence-corrected chi connectivity index (χ2v) is 43.9. The number of Topliss-reactive ketones (excluding diaryl/α,β-unsaturated/α-hetero) is 1. The lowest BCUT2D eigenvalue weighted by Gasteiger charge is -2.46. The number of nitrogens with zero attached hydrogens (tertiary/aromatic N) is 1. The number of benzene rings is 1. The van der Waals surface area contributed by atoms with Crippen LogP contribution in [0.3, 0.4) is 0 Å². The van der Waals surface area contributed by atoms with E-state index in [-0.39, 0.29) is 63.5 Å². The van der Waals surface area contributed by atoms with Gasteiger partial charge in [0.25, 0.3) is 0 Å². The molecule has 0 bridgehead atoms. The fraction of sp³-hybridized carbons (Fsp3) is 0.837. The molecule has 1 aliphatic rings. The van der Waals surface area contributed by atoms with Gasteiger partial charge in [-0.1, -0.05) is 102 Å². The number of carbonyl (C=O) groups excluding carboxylic acids is 2. The Kier molecular flexibility index (Phi) is 19.9. The predicted molar refractivity (Wildman–Crippen MR) is 272 cm³/mol. The number of carbonyl (C=O) groups is 2. The summed E-state index contributed by atoms with van der Waals surface area (Å²) in [6.07, 6.45) is -1.79. The summed E-state index contributed by atoms with van der Waals surface area (Å²) in [5, 5.41) is 0.590. The van der Waals surface area contributed by atoms with Gasteiger partial charge in [0, 0.05) is 26.2 Å². The van der Waals surface area contributed by atoms with Crippen molar-refractivity contribution in [1.29, 1.82) is 0 Å². The minimum atomic E-state index is -2.59. The molecular formula is C49H95NO10Si4. The fourth-order valence-electron chi connectivity index (χ4n) is 6.63. The highest BCUT2D eigenvalue weighted by atomic mass is 28.4. The molecule has 372 valence electrons. The van der Waals surface area contributed by atoms with Crippen molar-refractivity contribution in [2.24, 2.45) is 17.8 Å². The highest BCUT2D eigenvalue weighted by Crippen LogP contribution is 2.52. The molecule has 1 aromatic rings. The van der Waals surface area contributed by atoms with Gasteiger partial charge in [0.1, 0.15) is 17.1 Å². The van der Waals surface area contributed by atoms with Crippen molar-refractivity contribution in [3.8, 4) is 5.75 Å². The number of hydrogen-bond acceptors (Lipinski definition) is 10. The molecule has 0 aliphatic carbocycles. The molecule has 0 aromatic heterocycles. The Bertz CT molecular complexity index is 1660. The summed E-state index contributed by atoms with van der Waals surface area (Å²) < 4.78 is 47.5. The molecule has 1 aromatic carbocycles. The molecule has 0 unspecified atom stereocenters. The van der Waals surface area contributed by atoms with Crippen LogP contribution in [0, 0.1) is 17.8 Å². The zero-order chi connectivity index (χ0) is 49.9. The van der Waals surface area contributed by atoms with Gasteiger partial charge < -0.3 is 31.9 Å². The van der Waals surface area contributed by atoms with Gasteiger partial charge in [-0.05, 0) is 97.1 Å². The first-order chi connectivity index (χ1) is 28.7. The molecule has 15 heteroatoms. The highest BCUT2D eigenvalue weighted by molar-refractivity contribution is 6.75. The van der Waals surface area contributed by atoms with Crippen molar-refractivity contribution in [3.63, 3.8) is 0 Å². The standard InChI is InChI=1S/C49H95NO10Si4/c1-35(31-55-32-36-26-28-37(53-16)29-27-36)43-49(14,58-43)44(60-64(24,25)48(11,12)13)39(34-57-62(20,21)46(5,6)7)42(52)38(33-56-61(18,19)45(2,3)4)40(30-41(51)50(15)54-17)59-63(22,23)47(8,9)10/h26-29,35,38-40,43-44H,30-34H2,1-25H3/t35-,38+,39-,40-,43+,44-,49+/m0/s1. The van der Waals surface area contributed by atoms with Gasteiger partial charge in [-0.3, -0.25) is 14.4 Å². The second-order valence-electron chi connectivity index (χ2n) is 24.8. The van der Waals surface area contributed by atoms with Crippen LogP contribution < -0.4 is 4.74 Å². The Labute approximate surface area is 395 Å². The van der Waals surface area contributed by atoms with E-state index in [1.807, 2.05) is 24.3 Å². The van der Waals surface area contributed by atoms with Crippen molar-refractivity contribution in [2.75, 3.05) is 41.1 Å². The van der Waals surface area contributed by atoms with E-state index in [1.54, 1.807) is 14.2 Å². The summed E-state index contributed by atoms with van der Waals surface area (Å²) in [5.74, 6) is -1.19. The van der Waals surface area contributed by atoms with E-state index in [0.717, 1.165) is 11.3 Å². The molecule has 1 heterocycles. The van der Waals surface area contributed by atoms with Crippen LogP contribution >= 0.6 is 0 Å². The van der Waals surface area contributed by atoms with Crippen molar-refractivity contribution in [1.82, 2.24) is 5.06 Å². The molecule has 1 amide bonds.